The van der Waals surface area contributed by atoms with Crippen LogP contribution in [0.5, 0.6) is 0 Å². The van der Waals surface area contributed by atoms with E-state index in [-0.39, 0.29) is 6.61 Å². The first-order valence-corrected chi connectivity index (χ1v) is 5.47. The van der Waals surface area contributed by atoms with Gasteiger partial charge in [-0.3, -0.25) is 0 Å². The Bertz CT molecular complexity index is 355. The summed E-state index contributed by atoms with van der Waals surface area (Å²) in [5.74, 6) is 0. The molecule has 16 heavy (non-hydrogen) atoms. The molecule has 3 heteroatoms. The molecule has 0 aliphatic heterocycles. The molecule has 0 heterocycles. The number of aryl methyl sites for hydroxylation is 1. The number of hydrogen-bond acceptors (Lipinski definition) is 3. The Morgan fingerprint density at radius 1 is 1.31 bits per heavy atom. The molecule has 2 N–H and O–H groups in total. The van der Waals surface area contributed by atoms with Gasteiger partial charge in [-0.1, -0.05) is 17.7 Å². The van der Waals surface area contributed by atoms with Gasteiger partial charge in [-0.05, 0) is 26.8 Å². The molecule has 0 spiro atoms. The Hall–Kier alpha value is -1.06. The number of anilines is 1. The number of hydrogen-bond donors (Lipinski definition) is 2. The number of likely N-dealkylation sites (N-methyl/N-ethyl adjacent to an activating group) is 1. The molecule has 0 radical (unpaired) electrons. The summed E-state index contributed by atoms with van der Waals surface area (Å²) >= 11 is 0. The number of rotatable bonds is 4. The Balaban J connectivity index is 2.94. The van der Waals surface area contributed by atoms with E-state index in [1.54, 1.807) is 13.8 Å². The molecule has 0 atom stereocenters. The van der Waals surface area contributed by atoms with Crippen molar-refractivity contribution >= 4 is 5.69 Å². The summed E-state index contributed by atoms with van der Waals surface area (Å²) in [6, 6.07) is 5.96. The summed E-state index contributed by atoms with van der Waals surface area (Å²) in [5.41, 5.74) is 2.25. The van der Waals surface area contributed by atoms with Crippen molar-refractivity contribution in [1.82, 2.24) is 0 Å². The fourth-order valence-corrected chi connectivity index (χ4v) is 1.88. The van der Waals surface area contributed by atoms with Crippen molar-refractivity contribution in [3.05, 3.63) is 29.3 Å². The molecule has 0 aromatic heterocycles. The summed E-state index contributed by atoms with van der Waals surface area (Å²) in [6.07, 6.45) is 0. The van der Waals surface area contributed by atoms with Gasteiger partial charge >= 0.3 is 0 Å². The molecule has 0 unspecified atom stereocenters. The quantitative estimate of drug-likeness (QED) is 0.816. The van der Waals surface area contributed by atoms with E-state index in [1.807, 2.05) is 37.1 Å². The Morgan fingerprint density at radius 2 is 1.94 bits per heavy atom. The van der Waals surface area contributed by atoms with Gasteiger partial charge in [0.1, 0.15) is 0 Å². The molecule has 0 aliphatic carbocycles. The Morgan fingerprint density at radius 3 is 2.44 bits per heavy atom. The lowest BCUT2D eigenvalue weighted by Crippen LogP contribution is -2.36. The molecule has 0 fully saturated rings. The molecule has 1 rings (SSSR count). The first kappa shape index (κ1) is 13.0. The van der Waals surface area contributed by atoms with E-state index >= 15 is 0 Å². The van der Waals surface area contributed by atoms with Gasteiger partial charge in [0.15, 0.2) is 0 Å². The van der Waals surface area contributed by atoms with E-state index in [0.717, 1.165) is 16.8 Å². The zero-order valence-corrected chi connectivity index (χ0v) is 10.5. The van der Waals surface area contributed by atoms with E-state index in [2.05, 4.69) is 0 Å². The van der Waals surface area contributed by atoms with Crippen molar-refractivity contribution in [2.75, 3.05) is 18.5 Å². The maximum absolute atomic E-state index is 9.76. The SMILES string of the molecule is Cc1ccc(N(C)CC(C)(C)O)c(CO)c1. The van der Waals surface area contributed by atoms with Gasteiger partial charge in [-0.15, -0.1) is 0 Å². The van der Waals surface area contributed by atoms with Gasteiger partial charge in [-0.25, -0.2) is 0 Å². The van der Waals surface area contributed by atoms with Crippen molar-refractivity contribution in [2.45, 2.75) is 33.0 Å². The predicted octanol–water partition coefficient (Wildman–Crippen LogP) is 1.69. The van der Waals surface area contributed by atoms with Crippen LogP contribution in [0, 0.1) is 6.92 Å². The molecular weight excluding hydrogens is 202 g/mol. The number of aliphatic hydroxyl groups is 2. The van der Waals surface area contributed by atoms with Crippen molar-refractivity contribution < 1.29 is 10.2 Å². The van der Waals surface area contributed by atoms with Crippen LogP contribution in [0.1, 0.15) is 25.0 Å². The molecule has 0 bridgehead atoms. The highest BCUT2D eigenvalue weighted by atomic mass is 16.3. The Kier molecular flexibility index (Phi) is 3.94. The summed E-state index contributed by atoms with van der Waals surface area (Å²) in [7, 11) is 1.92. The Labute approximate surface area is 97.3 Å². The highest BCUT2D eigenvalue weighted by Gasteiger charge is 2.17. The molecule has 0 amide bonds. The second-order valence-corrected chi connectivity index (χ2v) is 4.96. The number of benzene rings is 1. The molecule has 1 aromatic carbocycles. The van der Waals surface area contributed by atoms with Crippen molar-refractivity contribution in [3.8, 4) is 0 Å². The third-order valence-corrected chi connectivity index (χ3v) is 2.44. The third-order valence-electron chi connectivity index (χ3n) is 2.44. The van der Waals surface area contributed by atoms with Crippen molar-refractivity contribution in [3.63, 3.8) is 0 Å². The molecular formula is C13H21NO2. The van der Waals surface area contributed by atoms with E-state index < -0.39 is 5.60 Å². The lowest BCUT2D eigenvalue weighted by molar-refractivity contribution is 0.0885. The molecule has 0 aliphatic rings. The van der Waals surface area contributed by atoms with Crippen molar-refractivity contribution in [2.24, 2.45) is 0 Å². The summed E-state index contributed by atoms with van der Waals surface area (Å²) in [5, 5.41) is 19.1. The first-order chi connectivity index (χ1) is 7.33. The van der Waals surface area contributed by atoms with Gasteiger partial charge in [0.05, 0.1) is 12.2 Å². The van der Waals surface area contributed by atoms with Crippen LogP contribution < -0.4 is 4.90 Å². The van der Waals surface area contributed by atoms with Crippen LogP contribution in [-0.2, 0) is 6.61 Å². The number of nitrogens with zero attached hydrogens (tertiary/aromatic N) is 1. The summed E-state index contributed by atoms with van der Waals surface area (Å²) in [4.78, 5) is 1.96. The first-order valence-electron chi connectivity index (χ1n) is 5.47. The van der Waals surface area contributed by atoms with Crippen LogP contribution in [0.25, 0.3) is 0 Å². The minimum Gasteiger partial charge on any atom is -0.392 e. The van der Waals surface area contributed by atoms with Crippen LogP contribution in [-0.4, -0.2) is 29.4 Å². The standard InChI is InChI=1S/C13H21NO2/c1-10-5-6-12(11(7-10)8-15)14(4)9-13(2,3)16/h5-7,15-16H,8-9H2,1-4H3. The van der Waals surface area contributed by atoms with E-state index in [1.165, 1.54) is 0 Å². The van der Waals surface area contributed by atoms with E-state index in [4.69, 9.17) is 0 Å². The number of aliphatic hydroxyl groups excluding tert-OH is 1. The van der Waals surface area contributed by atoms with Gasteiger partial charge in [0.2, 0.25) is 0 Å². The molecule has 90 valence electrons. The largest absolute Gasteiger partial charge is 0.392 e. The van der Waals surface area contributed by atoms with E-state index in [0.29, 0.717) is 6.54 Å². The van der Waals surface area contributed by atoms with Crippen LogP contribution in [0.2, 0.25) is 0 Å². The second kappa shape index (κ2) is 4.85. The molecule has 0 saturated carbocycles. The zero-order valence-electron chi connectivity index (χ0n) is 10.5. The predicted molar refractivity (Wildman–Crippen MR) is 66.7 cm³/mol. The van der Waals surface area contributed by atoms with Gasteiger partial charge < -0.3 is 15.1 Å². The smallest absolute Gasteiger partial charge is 0.0765 e. The average molecular weight is 223 g/mol. The molecule has 1 aromatic rings. The molecule has 0 saturated heterocycles. The van der Waals surface area contributed by atoms with Crippen LogP contribution >= 0.6 is 0 Å². The minimum atomic E-state index is -0.744. The second-order valence-electron chi connectivity index (χ2n) is 4.96. The van der Waals surface area contributed by atoms with Gasteiger partial charge in [0.25, 0.3) is 0 Å². The summed E-state index contributed by atoms with van der Waals surface area (Å²) in [6.45, 7) is 6.10. The molecule has 3 nitrogen and oxygen atoms in total. The normalized spacial score (nSPS) is 11.6. The fraction of sp³-hybridized carbons (Fsp3) is 0.538. The minimum absolute atomic E-state index is 0.0210. The van der Waals surface area contributed by atoms with Gasteiger partial charge in [0, 0.05) is 24.8 Å². The van der Waals surface area contributed by atoms with Gasteiger partial charge in [-0.2, -0.15) is 0 Å². The average Bonchev–Trinajstić information content (AvgIpc) is 2.14. The lowest BCUT2D eigenvalue weighted by Gasteiger charge is -2.28. The van der Waals surface area contributed by atoms with Crippen LogP contribution in [0.15, 0.2) is 18.2 Å². The van der Waals surface area contributed by atoms with Crippen LogP contribution in [0.4, 0.5) is 5.69 Å². The van der Waals surface area contributed by atoms with E-state index in [9.17, 15) is 10.2 Å². The van der Waals surface area contributed by atoms with Crippen molar-refractivity contribution in [1.29, 1.82) is 0 Å². The highest BCUT2D eigenvalue weighted by Crippen LogP contribution is 2.22. The lowest BCUT2D eigenvalue weighted by atomic mass is 10.1. The maximum atomic E-state index is 9.76. The highest BCUT2D eigenvalue weighted by molar-refractivity contribution is 5.54. The maximum Gasteiger partial charge on any atom is 0.0765 e. The summed E-state index contributed by atoms with van der Waals surface area (Å²) < 4.78 is 0. The van der Waals surface area contributed by atoms with Crippen LogP contribution in [0.3, 0.4) is 0 Å². The monoisotopic (exact) mass is 223 g/mol. The topological polar surface area (TPSA) is 43.7 Å². The fourth-order valence-electron chi connectivity index (χ4n) is 1.88. The zero-order chi connectivity index (χ0) is 12.3. The third kappa shape index (κ3) is 3.51.